The van der Waals surface area contributed by atoms with E-state index in [2.05, 4.69) is 20.8 Å². The first kappa shape index (κ1) is 22.7. The van der Waals surface area contributed by atoms with Crippen molar-refractivity contribution in [2.75, 3.05) is 26.2 Å². The van der Waals surface area contributed by atoms with Crippen molar-refractivity contribution in [1.82, 2.24) is 13.8 Å². The highest BCUT2D eigenvalue weighted by molar-refractivity contribution is 7.89. The average Bonchev–Trinajstić information content (AvgIpc) is 3.03. The van der Waals surface area contributed by atoms with Crippen LogP contribution in [0.25, 0.3) is 0 Å². The summed E-state index contributed by atoms with van der Waals surface area (Å²) in [6.07, 6.45) is 0.235. The third kappa shape index (κ3) is 4.84. The van der Waals surface area contributed by atoms with Gasteiger partial charge in [0.05, 0.1) is 4.90 Å². The number of amides is 1. The summed E-state index contributed by atoms with van der Waals surface area (Å²) in [6, 6.07) is 7.05. The highest BCUT2D eigenvalue weighted by atomic mass is 32.2. The lowest BCUT2D eigenvalue weighted by molar-refractivity contribution is -0.132. The van der Waals surface area contributed by atoms with Crippen molar-refractivity contribution in [2.45, 2.75) is 51.0 Å². The van der Waals surface area contributed by atoms with Crippen LogP contribution in [0.5, 0.6) is 0 Å². The Balaban J connectivity index is 1.59. The summed E-state index contributed by atoms with van der Waals surface area (Å²) in [6.45, 7) is 9.71. The highest BCUT2D eigenvalue weighted by Gasteiger charge is 2.30. The molecule has 0 saturated carbocycles. The van der Waals surface area contributed by atoms with Gasteiger partial charge >= 0.3 is 4.87 Å². The molecule has 1 aromatic heterocycles. The molecule has 2 heterocycles. The fourth-order valence-corrected chi connectivity index (χ4v) is 5.68. The van der Waals surface area contributed by atoms with Gasteiger partial charge in [0.1, 0.15) is 0 Å². The fraction of sp³-hybridized carbons (Fsp3) is 0.524. The first-order valence-electron chi connectivity index (χ1n) is 10.0. The van der Waals surface area contributed by atoms with E-state index in [1.807, 2.05) is 19.1 Å². The molecule has 0 aliphatic carbocycles. The van der Waals surface area contributed by atoms with Gasteiger partial charge in [-0.1, -0.05) is 44.2 Å². The maximum absolute atomic E-state index is 13.0. The van der Waals surface area contributed by atoms with Gasteiger partial charge in [-0.3, -0.25) is 9.59 Å². The molecule has 0 N–H and O–H groups in total. The number of carbonyl (C=O) groups excluding carboxylic acids is 1. The molecular formula is C21H29N3O4S2. The van der Waals surface area contributed by atoms with E-state index in [-0.39, 0.29) is 40.6 Å². The van der Waals surface area contributed by atoms with E-state index in [1.165, 1.54) is 4.31 Å². The van der Waals surface area contributed by atoms with E-state index in [4.69, 9.17) is 0 Å². The largest absolute Gasteiger partial charge is 0.340 e. The number of nitrogens with zero attached hydrogens (tertiary/aromatic N) is 3. The zero-order chi connectivity index (χ0) is 22.1. The summed E-state index contributed by atoms with van der Waals surface area (Å²) in [5, 5.41) is 1.78. The number of aryl methyl sites for hydroxylation is 1. The molecule has 3 rings (SSSR count). The highest BCUT2D eigenvalue weighted by Crippen LogP contribution is 2.25. The SMILES string of the molecule is Cc1csc(=O)n1CCC(=O)N1CCN(S(=O)(=O)c2ccc(C(C)(C)C)cc2)CC1. The van der Waals surface area contributed by atoms with E-state index >= 15 is 0 Å². The summed E-state index contributed by atoms with van der Waals surface area (Å²) >= 11 is 1.13. The van der Waals surface area contributed by atoms with Crippen LogP contribution in [0.3, 0.4) is 0 Å². The predicted molar refractivity (Wildman–Crippen MR) is 118 cm³/mol. The number of aromatic nitrogens is 1. The lowest BCUT2D eigenvalue weighted by Gasteiger charge is -2.34. The Hall–Kier alpha value is -1.97. The quantitative estimate of drug-likeness (QED) is 0.699. The molecule has 0 bridgehead atoms. The molecule has 30 heavy (non-hydrogen) atoms. The predicted octanol–water partition coefficient (Wildman–Crippen LogP) is 2.44. The van der Waals surface area contributed by atoms with Gasteiger partial charge in [-0.15, -0.1) is 0 Å². The Kier molecular flexibility index (Phi) is 6.54. The van der Waals surface area contributed by atoms with Crippen molar-refractivity contribution in [2.24, 2.45) is 0 Å². The second-order valence-electron chi connectivity index (χ2n) is 8.60. The summed E-state index contributed by atoms with van der Waals surface area (Å²) in [5.74, 6) is -0.0564. The zero-order valence-electron chi connectivity index (χ0n) is 17.9. The molecule has 0 radical (unpaired) electrons. The minimum absolute atomic E-state index is 0.0407. The van der Waals surface area contributed by atoms with Crippen molar-refractivity contribution in [3.05, 3.63) is 50.6 Å². The van der Waals surface area contributed by atoms with Crippen LogP contribution in [-0.4, -0.2) is 54.3 Å². The van der Waals surface area contributed by atoms with Crippen LogP contribution in [0.2, 0.25) is 0 Å². The van der Waals surface area contributed by atoms with Crippen molar-refractivity contribution in [3.63, 3.8) is 0 Å². The van der Waals surface area contributed by atoms with Crippen molar-refractivity contribution < 1.29 is 13.2 Å². The van der Waals surface area contributed by atoms with Gasteiger partial charge in [-0.05, 0) is 30.0 Å². The number of carbonyl (C=O) groups is 1. The van der Waals surface area contributed by atoms with Crippen LogP contribution in [0.15, 0.2) is 39.3 Å². The van der Waals surface area contributed by atoms with Crippen LogP contribution in [-0.2, 0) is 26.8 Å². The third-order valence-corrected chi connectivity index (χ3v) is 8.27. The van der Waals surface area contributed by atoms with Crippen LogP contribution in [0.4, 0.5) is 0 Å². The van der Waals surface area contributed by atoms with Gasteiger partial charge in [0.2, 0.25) is 15.9 Å². The van der Waals surface area contributed by atoms with Gasteiger partial charge in [0.25, 0.3) is 0 Å². The number of piperazine rings is 1. The summed E-state index contributed by atoms with van der Waals surface area (Å²) in [5.41, 5.74) is 1.89. The molecular weight excluding hydrogens is 422 g/mol. The fourth-order valence-electron chi connectivity index (χ4n) is 3.49. The number of benzene rings is 1. The molecule has 1 aliphatic heterocycles. The molecule has 1 fully saturated rings. The third-order valence-electron chi connectivity index (χ3n) is 5.48. The van der Waals surface area contributed by atoms with E-state index in [0.717, 1.165) is 22.6 Å². The summed E-state index contributed by atoms with van der Waals surface area (Å²) in [4.78, 5) is 26.2. The second-order valence-corrected chi connectivity index (χ2v) is 11.4. The monoisotopic (exact) mass is 451 g/mol. The molecule has 1 aliphatic rings. The van der Waals surface area contributed by atoms with E-state index in [9.17, 15) is 18.0 Å². The number of rotatable bonds is 5. The molecule has 1 amide bonds. The summed E-state index contributed by atoms with van der Waals surface area (Å²) in [7, 11) is -3.58. The molecule has 7 nitrogen and oxygen atoms in total. The molecule has 1 saturated heterocycles. The van der Waals surface area contributed by atoms with Crippen LogP contribution in [0, 0.1) is 6.92 Å². The number of hydrogen-bond acceptors (Lipinski definition) is 5. The first-order valence-corrected chi connectivity index (χ1v) is 12.4. The van der Waals surface area contributed by atoms with Gasteiger partial charge in [-0.2, -0.15) is 4.31 Å². The van der Waals surface area contributed by atoms with Crippen LogP contribution in [0.1, 0.15) is 38.4 Å². The molecule has 0 spiro atoms. The lowest BCUT2D eigenvalue weighted by Crippen LogP contribution is -2.50. The molecule has 164 valence electrons. The van der Waals surface area contributed by atoms with Crippen molar-refractivity contribution >= 4 is 27.3 Å². The number of thiazole rings is 1. The molecule has 1 aromatic carbocycles. The first-order chi connectivity index (χ1) is 14.0. The van der Waals surface area contributed by atoms with Gasteiger partial charge in [0.15, 0.2) is 0 Å². The molecule has 2 aromatic rings. The van der Waals surface area contributed by atoms with Crippen LogP contribution < -0.4 is 4.87 Å². The zero-order valence-corrected chi connectivity index (χ0v) is 19.6. The lowest BCUT2D eigenvalue weighted by atomic mass is 9.87. The standard InChI is InChI=1S/C21H29N3O4S2/c1-16-15-29-20(26)24(16)10-9-19(25)22-11-13-23(14-12-22)30(27,28)18-7-5-17(6-8-18)21(2,3)4/h5-8,15H,9-14H2,1-4H3. The van der Waals surface area contributed by atoms with Gasteiger partial charge in [-0.25, -0.2) is 8.42 Å². The molecule has 0 atom stereocenters. The Bertz CT molecular complexity index is 1050. The van der Waals surface area contributed by atoms with Crippen molar-refractivity contribution in [1.29, 1.82) is 0 Å². The van der Waals surface area contributed by atoms with Crippen LogP contribution >= 0.6 is 11.3 Å². The molecule has 9 heteroatoms. The topological polar surface area (TPSA) is 79.7 Å². The van der Waals surface area contributed by atoms with E-state index in [1.54, 1.807) is 27.0 Å². The summed E-state index contributed by atoms with van der Waals surface area (Å²) < 4.78 is 29.0. The number of hydrogen-bond donors (Lipinski definition) is 0. The maximum atomic E-state index is 13.0. The minimum atomic E-state index is -3.58. The van der Waals surface area contributed by atoms with E-state index < -0.39 is 10.0 Å². The minimum Gasteiger partial charge on any atom is -0.340 e. The number of sulfonamides is 1. The smallest absolute Gasteiger partial charge is 0.307 e. The van der Waals surface area contributed by atoms with Gasteiger partial charge in [0, 0.05) is 50.2 Å². The Morgan fingerprint density at radius 3 is 2.17 bits per heavy atom. The maximum Gasteiger partial charge on any atom is 0.307 e. The Labute approximate surface area is 182 Å². The van der Waals surface area contributed by atoms with Gasteiger partial charge < -0.3 is 9.47 Å². The molecule has 0 unspecified atom stereocenters. The average molecular weight is 452 g/mol. The van der Waals surface area contributed by atoms with Crippen molar-refractivity contribution in [3.8, 4) is 0 Å². The Morgan fingerprint density at radius 2 is 1.67 bits per heavy atom. The Morgan fingerprint density at radius 1 is 1.07 bits per heavy atom. The second kappa shape index (κ2) is 8.64. The van der Waals surface area contributed by atoms with E-state index in [0.29, 0.717) is 19.6 Å². The normalized spacial score (nSPS) is 16.1.